The highest BCUT2D eigenvalue weighted by atomic mass is 35.5. The van der Waals surface area contributed by atoms with Crippen LogP contribution in [-0.4, -0.2) is 21.9 Å². The topological polar surface area (TPSA) is 91.3 Å². The van der Waals surface area contributed by atoms with E-state index in [4.69, 9.17) is 11.6 Å². The number of benzene rings is 3. The summed E-state index contributed by atoms with van der Waals surface area (Å²) in [5.74, 6) is -0.0728. The highest BCUT2D eigenvalue weighted by Gasteiger charge is 2.44. The number of phenolic OH excluding ortho intramolecular Hbond substituents is 1. The Morgan fingerprint density at radius 2 is 1.88 bits per heavy atom. The first kappa shape index (κ1) is 21.4. The van der Waals surface area contributed by atoms with Gasteiger partial charge in [0.1, 0.15) is 5.75 Å². The normalized spacial score (nSPS) is 17.0. The minimum Gasteiger partial charge on any atom is -0.508 e. The molecule has 6 nitrogen and oxygen atoms in total. The molecule has 0 saturated heterocycles. The summed E-state index contributed by atoms with van der Waals surface area (Å²) < 4.78 is 0.805. The van der Waals surface area contributed by atoms with Gasteiger partial charge in [-0.15, -0.1) is 0 Å². The van der Waals surface area contributed by atoms with Gasteiger partial charge < -0.3 is 15.7 Å². The smallest absolute Gasteiger partial charge is 0.255 e. The summed E-state index contributed by atoms with van der Waals surface area (Å²) in [4.78, 5) is 29.9. The van der Waals surface area contributed by atoms with E-state index >= 15 is 0 Å². The number of anilines is 2. The van der Waals surface area contributed by atoms with Gasteiger partial charge in [-0.3, -0.25) is 9.59 Å². The van der Waals surface area contributed by atoms with Crippen molar-refractivity contribution in [3.63, 3.8) is 0 Å². The molecule has 0 radical (unpaired) electrons. The van der Waals surface area contributed by atoms with Crippen molar-refractivity contribution in [2.45, 2.75) is 19.3 Å². The number of fused-ring (bicyclic) bond motifs is 1. The number of hydrogen-bond acceptors (Lipinski definition) is 5. The molecule has 5 rings (SSSR count). The Kier molecular flexibility index (Phi) is 5.52. The van der Waals surface area contributed by atoms with E-state index in [0.29, 0.717) is 26.9 Å². The lowest BCUT2D eigenvalue weighted by molar-refractivity contribution is -0.117. The summed E-state index contributed by atoms with van der Waals surface area (Å²) in [6.45, 7) is 1.88. The van der Waals surface area contributed by atoms with E-state index < -0.39 is 0 Å². The Labute approximate surface area is 199 Å². The number of amides is 2. The molecule has 1 unspecified atom stereocenters. The molecule has 2 atom stereocenters. The Morgan fingerprint density at radius 1 is 1.09 bits per heavy atom. The van der Waals surface area contributed by atoms with Gasteiger partial charge in [0.25, 0.3) is 5.91 Å². The number of carbonyl (C=O) groups is 2. The number of rotatable bonds is 5. The Balaban J connectivity index is 1.28. The van der Waals surface area contributed by atoms with Gasteiger partial charge in [0.2, 0.25) is 5.91 Å². The monoisotopic (exact) mass is 477 g/mol. The first-order valence-electron chi connectivity index (χ1n) is 10.5. The van der Waals surface area contributed by atoms with E-state index in [2.05, 4.69) is 15.6 Å². The predicted molar refractivity (Wildman–Crippen MR) is 131 cm³/mol. The van der Waals surface area contributed by atoms with Crippen LogP contribution in [0.15, 0.2) is 60.7 Å². The summed E-state index contributed by atoms with van der Waals surface area (Å²) in [7, 11) is 0. The van der Waals surface area contributed by atoms with E-state index in [-0.39, 0.29) is 29.4 Å². The maximum absolute atomic E-state index is 12.8. The van der Waals surface area contributed by atoms with Crippen LogP contribution in [0.4, 0.5) is 10.8 Å². The standard InChI is InChI=1S/C25H20ClN3O3S/c1-13-3-2-4-19(26)22(13)28-23(31)15-7-10-20-21(11-15)33-25(27-20)29-24(32)18-12-17(18)14-5-8-16(30)9-6-14/h2-11,17-18,30H,12H2,1H3,(H,28,31)(H,27,29,32)/t17-,18?/m0/s1. The molecule has 3 aromatic carbocycles. The predicted octanol–water partition coefficient (Wildman–Crippen LogP) is 5.96. The summed E-state index contributed by atoms with van der Waals surface area (Å²) in [5, 5.41) is 16.2. The molecule has 1 aliphatic carbocycles. The van der Waals surface area contributed by atoms with E-state index in [1.54, 1.807) is 36.4 Å². The zero-order valence-electron chi connectivity index (χ0n) is 17.6. The largest absolute Gasteiger partial charge is 0.508 e. The van der Waals surface area contributed by atoms with E-state index in [1.165, 1.54) is 11.3 Å². The zero-order valence-corrected chi connectivity index (χ0v) is 19.2. The van der Waals surface area contributed by atoms with Crippen LogP contribution in [-0.2, 0) is 4.79 Å². The highest BCUT2D eigenvalue weighted by Crippen LogP contribution is 2.48. The molecular formula is C25H20ClN3O3S. The first-order valence-corrected chi connectivity index (χ1v) is 11.7. The molecule has 2 amide bonds. The van der Waals surface area contributed by atoms with Gasteiger partial charge in [0, 0.05) is 11.5 Å². The third-order valence-corrected chi connectivity index (χ3v) is 7.04. The molecule has 0 aliphatic heterocycles. The minimum absolute atomic E-state index is 0.0701. The quantitative estimate of drug-likeness (QED) is 0.331. The average Bonchev–Trinajstić information content (AvgIpc) is 3.49. The van der Waals surface area contributed by atoms with Crippen molar-refractivity contribution < 1.29 is 14.7 Å². The molecule has 166 valence electrons. The molecule has 4 aromatic rings. The summed E-state index contributed by atoms with van der Waals surface area (Å²) in [6.07, 6.45) is 0.771. The molecule has 1 fully saturated rings. The van der Waals surface area contributed by atoms with Gasteiger partial charge in [0.05, 0.1) is 20.9 Å². The molecular weight excluding hydrogens is 458 g/mol. The molecule has 33 heavy (non-hydrogen) atoms. The van der Waals surface area contributed by atoms with Crippen molar-refractivity contribution in [1.82, 2.24) is 4.98 Å². The average molecular weight is 478 g/mol. The third-order valence-electron chi connectivity index (χ3n) is 5.79. The van der Waals surface area contributed by atoms with Crippen molar-refractivity contribution in [2.24, 2.45) is 5.92 Å². The van der Waals surface area contributed by atoms with Crippen molar-refractivity contribution in [1.29, 1.82) is 0 Å². The molecule has 0 bridgehead atoms. The second-order valence-electron chi connectivity index (χ2n) is 8.12. The van der Waals surface area contributed by atoms with Crippen molar-refractivity contribution in [3.05, 3.63) is 82.4 Å². The van der Waals surface area contributed by atoms with Crippen LogP contribution < -0.4 is 10.6 Å². The number of carbonyl (C=O) groups excluding carboxylic acids is 2. The van der Waals surface area contributed by atoms with Crippen LogP contribution in [0, 0.1) is 12.8 Å². The fourth-order valence-corrected chi connectivity index (χ4v) is 5.05. The lowest BCUT2D eigenvalue weighted by Gasteiger charge is -2.10. The molecule has 1 heterocycles. The maximum Gasteiger partial charge on any atom is 0.255 e. The lowest BCUT2D eigenvalue weighted by atomic mass is 10.1. The van der Waals surface area contributed by atoms with Crippen molar-refractivity contribution >= 4 is 55.8 Å². The SMILES string of the molecule is Cc1cccc(Cl)c1NC(=O)c1ccc2nc(NC(=O)C3C[C@H]3c3ccc(O)cc3)sc2c1. The van der Waals surface area contributed by atoms with Crippen LogP contribution >= 0.6 is 22.9 Å². The number of halogens is 1. The minimum atomic E-state index is -0.262. The molecule has 1 saturated carbocycles. The lowest BCUT2D eigenvalue weighted by Crippen LogP contribution is -2.14. The molecule has 1 aromatic heterocycles. The first-order chi connectivity index (χ1) is 15.9. The second kappa shape index (κ2) is 8.50. The summed E-state index contributed by atoms with van der Waals surface area (Å²) in [5.41, 5.74) is 3.71. The van der Waals surface area contributed by atoms with Crippen LogP contribution in [0.5, 0.6) is 5.75 Å². The third kappa shape index (κ3) is 4.42. The van der Waals surface area contributed by atoms with Gasteiger partial charge >= 0.3 is 0 Å². The van der Waals surface area contributed by atoms with Crippen LogP contribution in [0.3, 0.4) is 0 Å². The molecule has 1 aliphatic rings. The zero-order chi connectivity index (χ0) is 23.1. The number of aryl methyl sites for hydroxylation is 1. The maximum atomic E-state index is 12.8. The van der Waals surface area contributed by atoms with Gasteiger partial charge in [-0.2, -0.15) is 0 Å². The number of phenols is 1. The van der Waals surface area contributed by atoms with Gasteiger partial charge in [0.15, 0.2) is 5.13 Å². The second-order valence-corrected chi connectivity index (χ2v) is 9.55. The fourth-order valence-electron chi connectivity index (χ4n) is 3.87. The number of thiazole rings is 1. The fraction of sp³-hybridized carbons (Fsp3) is 0.160. The van der Waals surface area contributed by atoms with E-state index in [9.17, 15) is 14.7 Å². The van der Waals surface area contributed by atoms with Crippen LogP contribution in [0.1, 0.15) is 33.8 Å². The number of nitrogens with one attached hydrogen (secondary N) is 2. The van der Waals surface area contributed by atoms with Crippen LogP contribution in [0.2, 0.25) is 5.02 Å². The number of aromatic hydroxyl groups is 1. The van der Waals surface area contributed by atoms with Crippen molar-refractivity contribution in [3.8, 4) is 5.75 Å². The Bertz CT molecular complexity index is 1360. The highest BCUT2D eigenvalue weighted by molar-refractivity contribution is 7.22. The van der Waals surface area contributed by atoms with Gasteiger partial charge in [-0.25, -0.2) is 4.98 Å². The van der Waals surface area contributed by atoms with E-state index in [0.717, 1.165) is 22.2 Å². The Morgan fingerprint density at radius 3 is 2.64 bits per heavy atom. The van der Waals surface area contributed by atoms with Gasteiger partial charge in [-0.05, 0) is 66.8 Å². The molecule has 3 N–H and O–H groups in total. The van der Waals surface area contributed by atoms with Crippen molar-refractivity contribution in [2.75, 3.05) is 10.6 Å². The van der Waals surface area contributed by atoms with Gasteiger partial charge in [-0.1, -0.05) is 47.2 Å². The molecule has 0 spiro atoms. The Hall–Kier alpha value is -3.42. The number of para-hydroxylation sites is 1. The number of aromatic nitrogens is 1. The van der Waals surface area contributed by atoms with E-state index in [1.807, 2.05) is 31.2 Å². The molecule has 8 heteroatoms. The number of hydrogen-bond donors (Lipinski definition) is 3. The number of nitrogens with zero attached hydrogens (tertiary/aromatic N) is 1. The summed E-state index contributed by atoms with van der Waals surface area (Å²) in [6, 6.07) is 17.7. The van der Waals surface area contributed by atoms with Crippen LogP contribution in [0.25, 0.3) is 10.2 Å². The summed E-state index contributed by atoms with van der Waals surface area (Å²) >= 11 is 7.55.